The monoisotopic (exact) mass is 330 g/mol. The minimum atomic E-state index is -0.0941. The normalized spacial score (nSPS) is 17.2. The number of halogens is 1. The molecule has 3 rings (SSSR count). The predicted octanol–water partition coefficient (Wildman–Crippen LogP) is 5.43. The summed E-state index contributed by atoms with van der Waals surface area (Å²) in [5.41, 5.74) is 11.3. The van der Waals surface area contributed by atoms with E-state index in [2.05, 4.69) is 35.7 Å². The number of azide groups is 1. The van der Waals surface area contributed by atoms with Gasteiger partial charge in [0.25, 0.3) is 0 Å². The molecule has 0 spiro atoms. The SMILES string of the molecule is CC(C)(C)N1CC(CCl)c2c1cc(O)c1cccc(N=[N+]=[N-])c21. The summed E-state index contributed by atoms with van der Waals surface area (Å²) in [6.45, 7) is 7.18. The fourth-order valence-electron chi connectivity index (χ4n) is 3.39. The van der Waals surface area contributed by atoms with E-state index in [9.17, 15) is 5.11 Å². The fourth-order valence-corrected chi connectivity index (χ4v) is 3.64. The molecule has 0 bridgehead atoms. The minimum absolute atomic E-state index is 0.0941. The van der Waals surface area contributed by atoms with Gasteiger partial charge in [-0.05, 0) is 31.9 Å². The first kappa shape index (κ1) is 15.8. The number of benzene rings is 2. The van der Waals surface area contributed by atoms with Gasteiger partial charge in [0.15, 0.2) is 0 Å². The van der Waals surface area contributed by atoms with Crippen molar-refractivity contribution in [2.75, 3.05) is 17.3 Å². The van der Waals surface area contributed by atoms with Gasteiger partial charge in [0.1, 0.15) is 5.75 Å². The Balaban J connectivity index is 2.42. The van der Waals surface area contributed by atoms with E-state index < -0.39 is 0 Å². The second kappa shape index (κ2) is 5.52. The van der Waals surface area contributed by atoms with E-state index in [1.165, 1.54) is 0 Å². The van der Waals surface area contributed by atoms with Crippen molar-refractivity contribution in [1.82, 2.24) is 0 Å². The first-order valence-corrected chi connectivity index (χ1v) is 8.09. The molecule has 1 unspecified atom stereocenters. The number of nitrogens with zero attached hydrogens (tertiary/aromatic N) is 4. The first-order chi connectivity index (χ1) is 10.9. The molecule has 2 aromatic rings. The summed E-state index contributed by atoms with van der Waals surface area (Å²) in [6.07, 6.45) is 0. The molecular weight excluding hydrogens is 312 g/mol. The summed E-state index contributed by atoms with van der Waals surface area (Å²) >= 11 is 6.23. The highest BCUT2D eigenvalue weighted by Gasteiger charge is 2.36. The Bertz CT molecular complexity index is 821. The van der Waals surface area contributed by atoms with Gasteiger partial charge >= 0.3 is 0 Å². The molecule has 0 saturated carbocycles. The van der Waals surface area contributed by atoms with Crippen LogP contribution in [0.25, 0.3) is 21.2 Å². The van der Waals surface area contributed by atoms with Crippen LogP contribution in [0, 0.1) is 0 Å². The van der Waals surface area contributed by atoms with Crippen LogP contribution >= 0.6 is 11.6 Å². The van der Waals surface area contributed by atoms with E-state index in [1.807, 2.05) is 6.07 Å². The van der Waals surface area contributed by atoms with Crippen molar-refractivity contribution in [3.8, 4) is 5.75 Å². The summed E-state index contributed by atoms with van der Waals surface area (Å²) in [6, 6.07) is 7.19. The third kappa shape index (κ3) is 2.46. The molecule has 1 N–H and O–H groups in total. The zero-order valence-electron chi connectivity index (χ0n) is 13.4. The third-order valence-electron chi connectivity index (χ3n) is 4.39. The highest BCUT2D eigenvalue weighted by atomic mass is 35.5. The van der Waals surface area contributed by atoms with Gasteiger partial charge in [-0.25, -0.2) is 0 Å². The molecule has 1 aliphatic heterocycles. The smallest absolute Gasteiger partial charge is 0.125 e. The van der Waals surface area contributed by atoms with Crippen molar-refractivity contribution in [2.45, 2.75) is 32.2 Å². The van der Waals surface area contributed by atoms with Crippen LogP contribution in [0.1, 0.15) is 32.3 Å². The van der Waals surface area contributed by atoms with Crippen LogP contribution in [0.15, 0.2) is 29.4 Å². The molecule has 2 aromatic carbocycles. The van der Waals surface area contributed by atoms with E-state index in [4.69, 9.17) is 17.1 Å². The van der Waals surface area contributed by atoms with Gasteiger partial charge in [-0.3, -0.25) is 0 Å². The Morgan fingerprint density at radius 1 is 1.43 bits per heavy atom. The van der Waals surface area contributed by atoms with Gasteiger partial charge < -0.3 is 10.0 Å². The van der Waals surface area contributed by atoms with Crippen LogP contribution in [0.5, 0.6) is 5.75 Å². The lowest BCUT2D eigenvalue weighted by molar-refractivity contribution is 0.479. The molecule has 1 atom stereocenters. The van der Waals surface area contributed by atoms with Crippen LogP contribution in [0.2, 0.25) is 0 Å². The van der Waals surface area contributed by atoms with E-state index in [1.54, 1.807) is 18.2 Å². The quantitative estimate of drug-likeness (QED) is 0.345. The maximum Gasteiger partial charge on any atom is 0.125 e. The first-order valence-electron chi connectivity index (χ1n) is 7.55. The molecule has 0 aromatic heterocycles. The molecule has 23 heavy (non-hydrogen) atoms. The largest absolute Gasteiger partial charge is 0.507 e. The number of anilines is 1. The molecule has 1 aliphatic rings. The number of rotatable bonds is 2. The van der Waals surface area contributed by atoms with Gasteiger partial charge in [0.2, 0.25) is 0 Å². The topological polar surface area (TPSA) is 72.2 Å². The second-order valence-electron chi connectivity index (χ2n) is 6.85. The van der Waals surface area contributed by atoms with Gasteiger partial charge in [-0.15, -0.1) is 11.6 Å². The van der Waals surface area contributed by atoms with E-state index in [-0.39, 0.29) is 17.2 Å². The molecule has 6 heteroatoms. The lowest BCUT2D eigenvalue weighted by Gasteiger charge is -2.35. The molecule has 5 nitrogen and oxygen atoms in total. The molecule has 1 heterocycles. The average Bonchev–Trinajstić information content (AvgIpc) is 2.86. The number of hydrogen-bond acceptors (Lipinski definition) is 3. The summed E-state index contributed by atoms with van der Waals surface area (Å²) in [7, 11) is 0. The Morgan fingerprint density at radius 2 is 2.17 bits per heavy atom. The lowest BCUT2D eigenvalue weighted by atomic mass is 9.94. The number of phenols is 1. The summed E-state index contributed by atoms with van der Waals surface area (Å²) < 4.78 is 0. The number of alkyl halides is 1. The molecule has 0 fully saturated rings. The van der Waals surface area contributed by atoms with Crippen LogP contribution in [0.4, 0.5) is 11.4 Å². The number of hydrogen-bond donors (Lipinski definition) is 1. The molecule has 0 radical (unpaired) electrons. The second-order valence-corrected chi connectivity index (χ2v) is 7.16. The Labute approximate surface area is 140 Å². The highest BCUT2D eigenvalue weighted by molar-refractivity contribution is 6.19. The summed E-state index contributed by atoms with van der Waals surface area (Å²) in [4.78, 5) is 5.18. The number of phenolic OH excluding ortho intramolecular Hbond substituents is 1. The maximum absolute atomic E-state index is 10.5. The van der Waals surface area contributed by atoms with Crippen molar-refractivity contribution in [1.29, 1.82) is 0 Å². The van der Waals surface area contributed by atoms with Crippen molar-refractivity contribution >= 4 is 33.7 Å². The molecule has 0 aliphatic carbocycles. The van der Waals surface area contributed by atoms with Crippen molar-refractivity contribution in [2.24, 2.45) is 5.11 Å². The van der Waals surface area contributed by atoms with Crippen LogP contribution in [-0.2, 0) is 0 Å². The fraction of sp³-hybridized carbons (Fsp3) is 0.412. The average molecular weight is 331 g/mol. The van der Waals surface area contributed by atoms with Crippen molar-refractivity contribution < 1.29 is 5.11 Å². The lowest BCUT2D eigenvalue weighted by Crippen LogP contribution is -2.40. The van der Waals surface area contributed by atoms with Gasteiger partial charge in [0, 0.05) is 57.0 Å². The molecule has 120 valence electrons. The summed E-state index contributed by atoms with van der Waals surface area (Å²) in [5.74, 6) is 0.798. The van der Waals surface area contributed by atoms with Crippen LogP contribution in [0.3, 0.4) is 0 Å². The van der Waals surface area contributed by atoms with E-state index in [0.717, 1.165) is 23.2 Å². The van der Waals surface area contributed by atoms with E-state index >= 15 is 0 Å². The zero-order chi connectivity index (χ0) is 16.8. The Morgan fingerprint density at radius 3 is 2.78 bits per heavy atom. The predicted molar refractivity (Wildman–Crippen MR) is 95.0 cm³/mol. The van der Waals surface area contributed by atoms with Gasteiger partial charge in [0.05, 0.1) is 0 Å². The van der Waals surface area contributed by atoms with Crippen molar-refractivity contribution in [3.05, 3.63) is 40.3 Å². The minimum Gasteiger partial charge on any atom is -0.507 e. The van der Waals surface area contributed by atoms with Crippen LogP contribution in [-0.4, -0.2) is 23.1 Å². The number of fused-ring (bicyclic) bond motifs is 3. The van der Waals surface area contributed by atoms with Crippen molar-refractivity contribution in [3.63, 3.8) is 0 Å². The Kier molecular flexibility index (Phi) is 3.78. The standard InChI is InChI=1S/C17H19ClN4O/c1-17(2,3)22-9-10(8-18)15-13(22)7-14(23)11-5-4-6-12(16(11)15)20-21-19/h4-7,10,23H,8-9H2,1-3H3. The maximum atomic E-state index is 10.5. The van der Waals surface area contributed by atoms with Crippen LogP contribution < -0.4 is 4.90 Å². The van der Waals surface area contributed by atoms with Gasteiger partial charge in [-0.1, -0.05) is 23.3 Å². The summed E-state index contributed by atoms with van der Waals surface area (Å²) in [5, 5.41) is 15.8. The third-order valence-corrected chi connectivity index (χ3v) is 4.76. The van der Waals surface area contributed by atoms with E-state index in [0.29, 0.717) is 17.0 Å². The molecule has 0 amide bonds. The zero-order valence-corrected chi connectivity index (χ0v) is 14.2. The Hall–Kier alpha value is -2.10. The highest BCUT2D eigenvalue weighted by Crippen LogP contribution is 2.49. The number of aromatic hydroxyl groups is 1. The molecular formula is C17H19ClN4O. The van der Waals surface area contributed by atoms with Gasteiger partial charge in [-0.2, -0.15) is 0 Å². The molecule has 0 saturated heterocycles.